The van der Waals surface area contributed by atoms with Gasteiger partial charge < -0.3 is 14.6 Å². The third-order valence-corrected chi connectivity index (χ3v) is 10.2. The average Bonchev–Trinajstić information content (AvgIpc) is 3.26. The van der Waals surface area contributed by atoms with Crippen molar-refractivity contribution in [2.45, 2.75) is 76.0 Å². The van der Waals surface area contributed by atoms with Gasteiger partial charge >= 0.3 is 5.97 Å². The number of hydrogen-bond donors (Lipinski definition) is 2. The number of anilines is 1. The van der Waals surface area contributed by atoms with Crippen LogP contribution in [-0.2, 0) is 31.1 Å². The highest BCUT2D eigenvalue weighted by Crippen LogP contribution is 2.49. The standard InChI is InChI=1S/C32H40N2O8S2/c1-6-7-8-18-33-25-17-16-22(44(40,41)42)21-24(25)31(2,3)27(33)14-10-15-28-32(4,5)29-23(30(35)36)12-9-13-26(29)34(28)19-11-20-43(37,38)39/h9-10,12-17,21H,6-8,11,18-20H2,1-5H3,(H2-,35,36,37,38,39,40,41,42). The third-order valence-electron chi connectivity index (χ3n) is 8.55. The number of carboxylic acid groups (broad SMARTS) is 1. The van der Waals surface area contributed by atoms with Crippen LogP contribution in [0.5, 0.6) is 0 Å². The lowest BCUT2D eigenvalue weighted by atomic mass is 9.79. The highest BCUT2D eigenvalue weighted by Gasteiger charge is 2.47. The van der Waals surface area contributed by atoms with Crippen molar-refractivity contribution < 1.29 is 40.4 Å². The lowest BCUT2D eigenvalue weighted by Crippen LogP contribution is -2.29. The Labute approximate surface area is 259 Å². The first kappa shape index (κ1) is 33.6. The first-order valence-corrected chi connectivity index (χ1v) is 17.7. The predicted octanol–water partition coefficient (Wildman–Crippen LogP) is 5.37. The Kier molecular flexibility index (Phi) is 9.33. The summed E-state index contributed by atoms with van der Waals surface area (Å²) in [5, 5.41) is 9.96. The molecular weight excluding hydrogens is 604 g/mol. The lowest BCUT2D eigenvalue weighted by molar-refractivity contribution is -0.437. The predicted molar refractivity (Wildman–Crippen MR) is 169 cm³/mol. The minimum atomic E-state index is -4.64. The van der Waals surface area contributed by atoms with Gasteiger partial charge in [-0.05, 0) is 56.2 Å². The molecule has 0 spiro atoms. The van der Waals surface area contributed by atoms with E-state index in [2.05, 4.69) is 11.8 Å². The molecule has 0 unspecified atom stereocenters. The topological polar surface area (TPSA) is 155 Å². The molecule has 238 valence electrons. The number of carbonyl (C=O) groups is 1. The molecule has 0 saturated heterocycles. The van der Waals surface area contributed by atoms with E-state index < -0.39 is 42.8 Å². The zero-order chi connectivity index (χ0) is 32.7. The number of allylic oxidation sites excluding steroid dienone is 4. The van der Waals surface area contributed by atoms with Crippen molar-refractivity contribution in [3.8, 4) is 0 Å². The molecule has 12 heteroatoms. The number of unbranched alkanes of at least 4 members (excludes halogenated alkanes) is 2. The Morgan fingerprint density at radius 2 is 1.73 bits per heavy atom. The second-order valence-electron chi connectivity index (χ2n) is 12.3. The maximum absolute atomic E-state index is 12.2. The molecule has 0 radical (unpaired) electrons. The Bertz CT molecular complexity index is 1790. The Morgan fingerprint density at radius 3 is 2.34 bits per heavy atom. The second kappa shape index (κ2) is 12.2. The van der Waals surface area contributed by atoms with Crippen LogP contribution in [0.25, 0.3) is 0 Å². The van der Waals surface area contributed by atoms with E-state index in [0.29, 0.717) is 17.8 Å². The van der Waals surface area contributed by atoms with Gasteiger partial charge in [-0.25, -0.2) is 13.2 Å². The molecule has 44 heavy (non-hydrogen) atoms. The van der Waals surface area contributed by atoms with Gasteiger partial charge in [-0.1, -0.05) is 45.8 Å². The van der Waals surface area contributed by atoms with Crippen LogP contribution in [0.3, 0.4) is 0 Å². The summed E-state index contributed by atoms with van der Waals surface area (Å²) < 4.78 is 69.6. The van der Waals surface area contributed by atoms with Gasteiger partial charge in [0.25, 0.3) is 10.1 Å². The van der Waals surface area contributed by atoms with Crippen molar-refractivity contribution in [3.63, 3.8) is 0 Å². The molecule has 0 aromatic heterocycles. The number of rotatable bonds is 12. The Morgan fingerprint density at radius 1 is 1.02 bits per heavy atom. The summed E-state index contributed by atoms with van der Waals surface area (Å²) in [6.45, 7) is 10.9. The number of fused-ring (bicyclic) bond motifs is 2. The molecule has 2 heterocycles. The summed E-state index contributed by atoms with van der Waals surface area (Å²) in [6, 6.07) is 9.52. The first-order valence-electron chi connectivity index (χ1n) is 14.6. The van der Waals surface area contributed by atoms with Crippen molar-refractivity contribution in [2.24, 2.45) is 0 Å². The second-order valence-corrected chi connectivity index (χ2v) is 15.3. The fourth-order valence-corrected chi connectivity index (χ4v) is 7.43. The third kappa shape index (κ3) is 6.53. The molecule has 2 aliphatic rings. The molecule has 0 amide bonds. The molecule has 4 rings (SSSR count). The fraction of sp³-hybridized carbons (Fsp3) is 0.438. The summed E-state index contributed by atoms with van der Waals surface area (Å²) in [6.07, 6.45) is 8.80. The minimum Gasteiger partial charge on any atom is -0.744 e. The zero-order valence-electron chi connectivity index (χ0n) is 25.7. The SMILES string of the molecule is CCCCCN1/C(=C/C=C/C2=[N+](CCCS(=O)(=O)O)c3cccc(C(=O)O)c3C2(C)C)C(C)(C)c2cc(S(=O)(=O)[O-])ccc21. The van der Waals surface area contributed by atoms with Crippen LogP contribution in [0.4, 0.5) is 11.4 Å². The van der Waals surface area contributed by atoms with Crippen LogP contribution in [0, 0.1) is 0 Å². The molecule has 0 atom stereocenters. The summed E-state index contributed by atoms with van der Waals surface area (Å²) in [5.41, 5.74) is 3.33. The van der Waals surface area contributed by atoms with Crippen LogP contribution >= 0.6 is 0 Å². The molecule has 2 aromatic rings. The average molecular weight is 645 g/mol. The molecule has 0 fully saturated rings. The van der Waals surface area contributed by atoms with E-state index in [9.17, 15) is 35.8 Å². The number of carboxylic acids is 1. The normalized spacial score (nSPS) is 18.3. The van der Waals surface area contributed by atoms with Crippen molar-refractivity contribution in [3.05, 3.63) is 77.0 Å². The quantitative estimate of drug-likeness (QED) is 0.176. The van der Waals surface area contributed by atoms with Gasteiger partial charge in [0, 0.05) is 41.9 Å². The van der Waals surface area contributed by atoms with Crippen LogP contribution in [0.2, 0.25) is 0 Å². The maximum atomic E-state index is 12.2. The van der Waals surface area contributed by atoms with Crippen LogP contribution in [-0.4, -0.2) is 66.1 Å². The van der Waals surface area contributed by atoms with E-state index in [1.807, 2.05) is 56.6 Å². The molecule has 10 nitrogen and oxygen atoms in total. The van der Waals surface area contributed by atoms with E-state index in [-0.39, 0.29) is 23.4 Å². The van der Waals surface area contributed by atoms with Gasteiger partial charge in [0.05, 0.1) is 27.2 Å². The number of hydrogen-bond acceptors (Lipinski definition) is 7. The maximum Gasteiger partial charge on any atom is 0.336 e. The highest BCUT2D eigenvalue weighted by molar-refractivity contribution is 7.86. The van der Waals surface area contributed by atoms with Gasteiger partial charge in [0.1, 0.15) is 16.7 Å². The van der Waals surface area contributed by atoms with Crippen LogP contribution in [0.1, 0.15) is 81.8 Å². The summed E-state index contributed by atoms with van der Waals surface area (Å²) in [4.78, 5) is 14.1. The van der Waals surface area contributed by atoms with E-state index in [0.717, 1.165) is 41.9 Å². The lowest BCUT2D eigenvalue weighted by Gasteiger charge is -2.27. The molecule has 0 aliphatic carbocycles. The largest absolute Gasteiger partial charge is 0.744 e. The van der Waals surface area contributed by atoms with Crippen molar-refractivity contribution >= 4 is 43.3 Å². The molecule has 2 aliphatic heterocycles. The minimum absolute atomic E-state index is 0.128. The molecule has 2 N–H and O–H groups in total. The first-order chi connectivity index (χ1) is 20.4. The summed E-state index contributed by atoms with van der Waals surface area (Å²) in [7, 11) is -8.81. The number of benzene rings is 2. The van der Waals surface area contributed by atoms with E-state index >= 15 is 0 Å². The smallest absolute Gasteiger partial charge is 0.336 e. The van der Waals surface area contributed by atoms with Gasteiger partial charge in [-0.2, -0.15) is 13.0 Å². The van der Waals surface area contributed by atoms with E-state index in [1.54, 1.807) is 18.2 Å². The monoisotopic (exact) mass is 644 g/mol. The van der Waals surface area contributed by atoms with Crippen LogP contribution in [0.15, 0.2) is 65.2 Å². The van der Waals surface area contributed by atoms with Crippen molar-refractivity contribution in [1.29, 1.82) is 0 Å². The van der Waals surface area contributed by atoms with Crippen molar-refractivity contribution in [2.75, 3.05) is 23.7 Å². The van der Waals surface area contributed by atoms with E-state index in [1.165, 1.54) is 12.1 Å². The number of nitrogens with zero attached hydrogens (tertiary/aromatic N) is 2. The highest BCUT2D eigenvalue weighted by atomic mass is 32.2. The summed E-state index contributed by atoms with van der Waals surface area (Å²) in [5.74, 6) is -1.49. The van der Waals surface area contributed by atoms with Gasteiger partial charge in [0.15, 0.2) is 5.71 Å². The fourth-order valence-electron chi connectivity index (χ4n) is 6.44. The van der Waals surface area contributed by atoms with Gasteiger partial charge in [-0.3, -0.25) is 4.55 Å². The zero-order valence-corrected chi connectivity index (χ0v) is 27.3. The molecule has 0 saturated carbocycles. The Balaban J connectivity index is 1.82. The number of aromatic carboxylic acids is 1. The molecular formula is C32H40N2O8S2. The van der Waals surface area contributed by atoms with Crippen LogP contribution < -0.4 is 4.90 Å². The molecule has 2 aromatic carbocycles. The molecule has 0 bridgehead atoms. The summed E-state index contributed by atoms with van der Waals surface area (Å²) >= 11 is 0. The van der Waals surface area contributed by atoms with Gasteiger partial charge in [0.2, 0.25) is 5.69 Å². The Hall–Kier alpha value is -3.32. The van der Waals surface area contributed by atoms with E-state index in [4.69, 9.17) is 0 Å². The van der Waals surface area contributed by atoms with Gasteiger partial charge in [-0.15, -0.1) is 0 Å². The van der Waals surface area contributed by atoms with Crippen molar-refractivity contribution in [1.82, 2.24) is 0 Å².